The van der Waals surface area contributed by atoms with E-state index in [0.29, 0.717) is 27.6 Å². The highest BCUT2D eigenvalue weighted by Crippen LogP contribution is 2.28. The van der Waals surface area contributed by atoms with Crippen molar-refractivity contribution in [3.8, 4) is 5.75 Å². The highest BCUT2D eigenvalue weighted by Gasteiger charge is 2.23. The third-order valence-corrected chi connectivity index (χ3v) is 4.73. The molecule has 0 aliphatic carbocycles. The lowest BCUT2D eigenvalue weighted by Crippen LogP contribution is -2.31. The molecule has 0 bridgehead atoms. The number of rotatable bonds is 4. The molecule has 26 heavy (non-hydrogen) atoms. The number of carbonyl (C=O) groups is 1. The van der Waals surface area contributed by atoms with Gasteiger partial charge in [-0.05, 0) is 46.1 Å². The fraction of sp³-hybridized carbons (Fsp3) is 0.200. The summed E-state index contributed by atoms with van der Waals surface area (Å²) >= 11 is 3.36. The lowest BCUT2D eigenvalue weighted by molar-refractivity contribution is 0.102. The van der Waals surface area contributed by atoms with Crippen molar-refractivity contribution in [3.05, 3.63) is 68.9 Å². The van der Waals surface area contributed by atoms with E-state index in [0.717, 1.165) is 0 Å². The number of nitrogens with zero attached hydrogens (tertiary/aromatic N) is 1. The number of hydrogen-bond acceptors (Lipinski definition) is 3. The number of amides is 1. The van der Waals surface area contributed by atoms with E-state index in [2.05, 4.69) is 21.2 Å². The van der Waals surface area contributed by atoms with E-state index in [-0.39, 0.29) is 17.2 Å². The van der Waals surface area contributed by atoms with Gasteiger partial charge in [-0.2, -0.15) is 0 Å². The molecular weight excluding hydrogens is 396 g/mol. The van der Waals surface area contributed by atoms with Gasteiger partial charge in [-0.15, -0.1) is 0 Å². The zero-order valence-corrected chi connectivity index (χ0v) is 16.1. The van der Waals surface area contributed by atoms with Crippen LogP contribution in [0.2, 0.25) is 0 Å². The van der Waals surface area contributed by atoms with Crippen LogP contribution in [0, 0.1) is 5.92 Å². The van der Waals surface area contributed by atoms with Crippen molar-refractivity contribution < 1.29 is 9.90 Å². The van der Waals surface area contributed by atoms with Crippen LogP contribution in [0.1, 0.15) is 24.2 Å². The molecule has 6 heteroatoms. The van der Waals surface area contributed by atoms with Gasteiger partial charge in [0.25, 0.3) is 11.5 Å². The Balaban J connectivity index is 2.18. The highest BCUT2D eigenvalue weighted by molar-refractivity contribution is 9.10. The van der Waals surface area contributed by atoms with E-state index in [1.807, 2.05) is 19.9 Å². The largest absolute Gasteiger partial charge is 0.506 e. The van der Waals surface area contributed by atoms with Gasteiger partial charge < -0.3 is 15.0 Å². The van der Waals surface area contributed by atoms with Gasteiger partial charge in [0.15, 0.2) is 0 Å². The predicted molar refractivity (Wildman–Crippen MR) is 107 cm³/mol. The molecule has 1 aromatic heterocycles. The normalized spacial score (nSPS) is 11.1. The second-order valence-corrected chi connectivity index (χ2v) is 7.34. The van der Waals surface area contributed by atoms with Crippen LogP contribution >= 0.6 is 15.9 Å². The Labute approximate surface area is 159 Å². The minimum Gasteiger partial charge on any atom is -0.506 e. The molecule has 0 unspecified atom stereocenters. The van der Waals surface area contributed by atoms with Gasteiger partial charge in [-0.25, -0.2) is 0 Å². The van der Waals surface area contributed by atoms with Crippen LogP contribution in [0.4, 0.5) is 5.69 Å². The number of nitrogens with one attached hydrogen (secondary N) is 1. The van der Waals surface area contributed by atoms with Crippen molar-refractivity contribution in [1.82, 2.24) is 4.57 Å². The molecule has 0 aliphatic heterocycles. The zero-order valence-electron chi connectivity index (χ0n) is 14.5. The molecule has 0 fully saturated rings. The molecule has 0 spiro atoms. The minimum atomic E-state index is -0.636. The standard InChI is InChI=1S/C20H19BrN2O3/c1-12(2)11-23-16-10-6-3-7-13(16)18(24)17(20(23)26)19(25)22-15-9-5-4-8-14(15)21/h3-10,12,24H,11H2,1-2H3,(H,22,25). The monoisotopic (exact) mass is 414 g/mol. The maximum absolute atomic E-state index is 13.0. The van der Waals surface area contributed by atoms with Crippen LogP contribution in [0.3, 0.4) is 0 Å². The van der Waals surface area contributed by atoms with Crippen LogP contribution in [0.15, 0.2) is 57.8 Å². The highest BCUT2D eigenvalue weighted by atomic mass is 79.9. The first-order valence-electron chi connectivity index (χ1n) is 8.30. The third-order valence-electron chi connectivity index (χ3n) is 4.04. The number of aromatic hydroxyl groups is 1. The Morgan fingerprint density at radius 2 is 1.81 bits per heavy atom. The van der Waals surface area contributed by atoms with Crippen LogP contribution < -0.4 is 10.9 Å². The van der Waals surface area contributed by atoms with Gasteiger partial charge in [0, 0.05) is 16.4 Å². The van der Waals surface area contributed by atoms with Gasteiger partial charge in [-0.3, -0.25) is 9.59 Å². The Kier molecular flexibility index (Phi) is 5.13. The van der Waals surface area contributed by atoms with Crippen molar-refractivity contribution in [2.45, 2.75) is 20.4 Å². The maximum Gasteiger partial charge on any atom is 0.267 e. The van der Waals surface area contributed by atoms with Crippen LogP contribution in [-0.4, -0.2) is 15.6 Å². The van der Waals surface area contributed by atoms with E-state index in [1.165, 1.54) is 0 Å². The molecule has 134 valence electrons. The van der Waals surface area contributed by atoms with Gasteiger partial charge in [0.1, 0.15) is 11.3 Å². The Bertz CT molecular complexity index is 1040. The molecule has 1 heterocycles. The zero-order chi connectivity index (χ0) is 18.8. The maximum atomic E-state index is 13.0. The first-order valence-corrected chi connectivity index (χ1v) is 9.09. The number of hydrogen-bond donors (Lipinski definition) is 2. The van der Waals surface area contributed by atoms with E-state index < -0.39 is 11.5 Å². The molecular formula is C20H19BrN2O3. The minimum absolute atomic E-state index is 0.208. The number of carbonyl (C=O) groups excluding carboxylic acids is 1. The van der Waals surface area contributed by atoms with Crippen LogP contribution in [-0.2, 0) is 6.54 Å². The number of fused-ring (bicyclic) bond motifs is 1. The summed E-state index contributed by atoms with van der Waals surface area (Å²) in [5, 5.41) is 13.8. The second-order valence-electron chi connectivity index (χ2n) is 6.48. The number of para-hydroxylation sites is 2. The lowest BCUT2D eigenvalue weighted by Gasteiger charge is -2.16. The predicted octanol–water partition coefficient (Wildman–Crippen LogP) is 4.38. The summed E-state index contributed by atoms with van der Waals surface area (Å²) in [6, 6.07) is 14.1. The fourth-order valence-electron chi connectivity index (χ4n) is 2.89. The summed E-state index contributed by atoms with van der Waals surface area (Å²) in [6.07, 6.45) is 0. The molecule has 0 radical (unpaired) electrons. The summed E-state index contributed by atoms with van der Waals surface area (Å²) < 4.78 is 2.24. The van der Waals surface area contributed by atoms with Crippen LogP contribution in [0.5, 0.6) is 5.75 Å². The van der Waals surface area contributed by atoms with E-state index >= 15 is 0 Å². The Morgan fingerprint density at radius 1 is 1.15 bits per heavy atom. The Morgan fingerprint density at radius 3 is 2.50 bits per heavy atom. The molecule has 3 aromatic rings. The van der Waals surface area contributed by atoms with E-state index in [1.54, 1.807) is 47.0 Å². The van der Waals surface area contributed by atoms with E-state index in [4.69, 9.17) is 0 Å². The number of aromatic nitrogens is 1. The molecule has 2 aromatic carbocycles. The van der Waals surface area contributed by atoms with Crippen LogP contribution in [0.25, 0.3) is 10.9 Å². The summed E-state index contributed by atoms with van der Waals surface area (Å²) in [6.45, 7) is 4.44. The summed E-state index contributed by atoms with van der Waals surface area (Å²) in [7, 11) is 0. The molecule has 3 rings (SSSR count). The van der Waals surface area contributed by atoms with Gasteiger partial charge in [-0.1, -0.05) is 38.1 Å². The smallest absolute Gasteiger partial charge is 0.267 e. The molecule has 0 saturated carbocycles. The van der Waals surface area contributed by atoms with Gasteiger partial charge in [0.2, 0.25) is 0 Å². The average Bonchev–Trinajstić information content (AvgIpc) is 2.60. The van der Waals surface area contributed by atoms with Gasteiger partial charge in [0.05, 0.1) is 11.2 Å². The van der Waals surface area contributed by atoms with Crippen molar-refractivity contribution in [2.75, 3.05) is 5.32 Å². The lowest BCUT2D eigenvalue weighted by atomic mass is 10.1. The second kappa shape index (κ2) is 7.33. The van der Waals surface area contributed by atoms with Crippen molar-refractivity contribution in [3.63, 3.8) is 0 Å². The van der Waals surface area contributed by atoms with E-state index in [9.17, 15) is 14.7 Å². The van der Waals surface area contributed by atoms with Crippen molar-refractivity contribution in [1.29, 1.82) is 0 Å². The number of anilines is 1. The average molecular weight is 415 g/mol. The van der Waals surface area contributed by atoms with Crippen molar-refractivity contribution >= 4 is 38.4 Å². The number of halogens is 1. The molecule has 0 atom stereocenters. The summed E-state index contributed by atoms with van der Waals surface area (Å²) in [5.41, 5.74) is 0.389. The first-order chi connectivity index (χ1) is 12.4. The molecule has 5 nitrogen and oxygen atoms in total. The fourth-order valence-corrected chi connectivity index (χ4v) is 3.27. The Hall–Kier alpha value is -2.60. The third kappa shape index (κ3) is 3.37. The number of pyridine rings is 1. The molecule has 2 N–H and O–H groups in total. The molecule has 1 amide bonds. The van der Waals surface area contributed by atoms with Gasteiger partial charge >= 0.3 is 0 Å². The SMILES string of the molecule is CC(C)Cn1c(=O)c(C(=O)Nc2ccccc2Br)c(O)c2ccccc21. The quantitative estimate of drug-likeness (QED) is 0.665. The first kappa shape index (κ1) is 18.2. The number of benzene rings is 2. The summed E-state index contributed by atoms with van der Waals surface area (Å²) in [4.78, 5) is 25.8. The topological polar surface area (TPSA) is 71.3 Å². The molecule has 0 saturated heterocycles. The molecule has 0 aliphatic rings. The van der Waals surface area contributed by atoms with Crippen molar-refractivity contribution in [2.24, 2.45) is 5.92 Å². The summed E-state index contributed by atoms with van der Waals surface area (Å²) in [5.74, 6) is -0.724.